The molecule has 1 aliphatic carbocycles. The molecule has 0 radical (unpaired) electrons. The summed E-state index contributed by atoms with van der Waals surface area (Å²) < 4.78 is 0. The van der Waals surface area contributed by atoms with Gasteiger partial charge in [-0.15, -0.1) is 0 Å². The fourth-order valence-corrected chi connectivity index (χ4v) is 2.58. The van der Waals surface area contributed by atoms with Crippen LogP contribution in [0, 0.1) is 5.92 Å². The van der Waals surface area contributed by atoms with Crippen LogP contribution < -0.4 is 5.73 Å². The first kappa shape index (κ1) is 11.6. The predicted octanol–water partition coefficient (Wildman–Crippen LogP) is 0.688. The van der Waals surface area contributed by atoms with Gasteiger partial charge in [0.25, 0.3) is 0 Å². The fraction of sp³-hybridized carbons (Fsp3) is 0.538. The summed E-state index contributed by atoms with van der Waals surface area (Å²) >= 11 is 0. The second-order valence-corrected chi connectivity index (χ2v) is 4.64. The van der Waals surface area contributed by atoms with Crippen LogP contribution in [0.3, 0.4) is 0 Å². The minimum Gasteiger partial charge on any atom is -0.393 e. The third-order valence-electron chi connectivity index (χ3n) is 3.46. The van der Waals surface area contributed by atoms with Crippen molar-refractivity contribution < 1.29 is 10.2 Å². The zero-order valence-electron chi connectivity index (χ0n) is 9.29. The Morgan fingerprint density at radius 1 is 1.12 bits per heavy atom. The maximum atomic E-state index is 9.77. The van der Waals surface area contributed by atoms with Crippen LogP contribution in [0.1, 0.15) is 18.4 Å². The SMILES string of the molecule is N[C@@H](Cc1ccccc1)C1[C@@H](O)CC[C@@H]1O. The summed E-state index contributed by atoms with van der Waals surface area (Å²) in [5.74, 6) is -0.180. The Morgan fingerprint density at radius 3 is 2.25 bits per heavy atom. The summed E-state index contributed by atoms with van der Waals surface area (Å²) in [5, 5.41) is 19.5. The van der Waals surface area contributed by atoms with Crippen LogP contribution in [0.2, 0.25) is 0 Å². The van der Waals surface area contributed by atoms with E-state index in [9.17, 15) is 10.2 Å². The van der Waals surface area contributed by atoms with E-state index in [-0.39, 0.29) is 12.0 Å². The molecule has 0 heterocycles. The average Bonchev–Trinajstić information content (AvgIpc) is 2.60. The molecule has 3 nitrogen and oxygen atoms in total. The van der Waals surface area contributed by atoms with E-state index in [0.717, 1.165) is 5.56 Å². The molecule has 2 rings (SSSR count). The molecular weight excluding hydrogens is 202 g/mol. The predicted molar refractivity (Wildman–Crippen MR) is 62.9 cm³/mol. The van der Waals surface area contributed by atoms with Gasteiger partial charge in [0, 0.05) is 12.0 Å². The molecule has 0 bridgehead atoms. The lowest BCUT2D eigenvalue weighted by Crippen LogP contribution is -2.41. The molecule has 0 saturated heterocycles. The van der Waals surface area contributed by atoms with Crippen molar-refractivity contribution in [2.45, 2.75) is 37.5 Å². The van der Waals surface area contributed by atoms with Gasteiger partial charge in [-0.1, -0.05) is 30.3 Å². The standard InChI is InChI=1S/C13H19NO2/c14-10(8-9-4-2-1-3-5-9)13-11(15)6-7-12(13)16/h1-5,10-13,15-16H,6-8,14H2/t10-,11-,12-/m0/s1. The van der Waals surface area contributed by atoms with Crippen molar-refractivity contribution >= 4 is 0 Å². The van der Waals surface area contributed by atoms with Crippen LogP contribution in [0.25, 0.3) is 0 Å². The number of aliphatic hydroxyl groups excluding tert-OH is 2. The Kier molecular flexibility index (Phi) is 3.59. The molecule has 0 amide bonds. The van der Waals surface area contributed by atoms with Crippen LogP contribution in [0.5, 0.6) is 0 Å². The fourth-order valence-electron chi connectivity index (χ4n) is 2.58. The second-order valence-electron chi connectivity index (χ2n) is 4.64. The van der Waals surface area contributed by atoms with Gasteiger partial charge in [0.05, 0.1) is 12.2 Å². The van der Waals surface area contributed by atoms with Crippen molar-refractivity contribution in [1.29, 1.82) is 0 Å². The monoisotopic (exact) mass is 221 g/mol. The lowest BCUT2D eigenvalue weighted by Gasteiger charge is -2.25. The number of hydrogen-bond donors (Lipinski definition) is 3. The van der Waals surface area contributed by atoms with E-state index < -0.39 is 12.2 Å². The average molecular weight is 221 g/mol. The van der Waals surface area contributed by atoms with Gasteiger partial charge in [-0.25, -0.2) is 0 Å². The van der Waals surface area contributed by atoms with Crippen LogP contribution in [-0.4, -0.2) is 28.5 Å². The number of rotatable bonds is 3. The first-order valence-electron chi connectivity index (χ1n) is 5.84. The molecule has 0 aromatic heterocycles. The molecule has 3 heteroatoms. The maximum Gasteiger partial charge on any atom is 0.0609 e. The van der Waals surface area contributed by atoms with E-state index in [0.29, 0.717) is 19.3 Å². The van der Waals surface area contributed by atoms with Crippen LogP contribution in [0.15, 0.2) is 30.3 Å². The molecule has 0 spiro atoms. The van der Waals surface area contributed by atoms with Gasteiger partial charge in [-0.2, -0.15) is 0 Å². The van der Waals surface area contributed by atoms with E-state index in [4.69, 9.17) is 5.73 Å². The van der Waals surface area contributed by atoms with Gasteiger partial charge in [0.1, 0.15) is 0 Å². The highest BCUT2D eigenvalue weighted by atomic mass is 16.3. The highest BCUT2D eigenvalue weighted by Gasteiger charge is 2.37. The largest absolute Gasteiger partial charge is 0.393 e. The van der Waals surface area contributed by atoms with E-state index in [1.165, 1.54) is 0 Å². The zero-order chi connectivity index (χ0) is 11.5. The lowest BCUT2D eigenvalue weighted by atomic mass is 9.90. The first-order valence-corrected chi connectivity index (χ1v) is 5.84. The van der Waals surface area contributed by atoms with Crippen molar-refractivity contribution in [2.24, 2.45) is 11.7 Å². The summed E-state index contributed by atoms with van der Waals surface area (Å²) in [4.78, 5) is 0. The second kappa shape index (κ2) is 4.95. The van der Waals surface area contributed by atoms with Gasteiger partial charge < -0.3 is 15.9 Å². The zero-order valence-corrected chi connectivity index (χ0v) is 9.29. The Hall–Kier alpha value is -0.900. The molecule has 0 aliphatic heterocycles. The Morgan fingerprint density at radius 2 is 1.69 bits per heavy atom. The van der Waals surface area contributed by atoms with Crippen molar-refractivity contribution in [3.63, 3.8) is 0 Å². The Balaban J connectivity index is 2.00. The highest BCUT2D eigenvalue weighted by molar-refractivity contribution is 5.16. The molecule has 1 aromatic carbocycles. The Labute approximate surface area is 95.9 Å². The molecule has 4 N–H and O–H groups in total. The molecule has 0 unspecified atom stereocenters. The third-order valence-corrected chi connectivity index (χ3v) is 3.46. The van der Waals surface area contributed by atoms with Crippen molar-refractivity contribution in [2.75, 3.05) is 0 Å². The topological polar surface area (TPSA) is 66.5 Å². The van der Waals surface area contributed by atoms with E-state index in [1.54, 1.807) is 0 Å². The molecule has 1 saturated carbocycles. The first-order chi connectivity index (χ1) is 7.68. The number of benzene rings is 1. The Bertz CT molecular complexity index is 318. The van der Waals surface area contributed by atoms with Crippen molar-refractivity contribution in [3.8, 4) is 0 Å². The number of aliphatic hydroxyl groups is 2. The van der Waals surface area contributed by atoms with Crippen molar-refractivity contribution in [3.05, 3.63) is 35.9 Å². The number of hydrogen-bond acceptors (Lipinski definition) is 3. The van der Waals surface area contributed by atoms with Crippen molar-refractivity contribution in [1.82, 2.24) is 0 Å². The van der Waals surface area contributed by atoms with Gasteiger partial charge in [-0.3, -0.25) is 0 Å². The molecule has 16 heavy (non-hydrogen) atoms. The molecule has 3 atom stereocenters. The smallest absolute Gasteiger partial charge is 0.0609 e. The molecule has 88 valence electrons. The molecule has 1 aliphatic rings. The van der Waals surface area contributed by atoms with E-state index in [2.05, 4.69) is 0 Å². The van der Waals surface area contributed by atoms with Crippen LogP contribution in [-0.2, 0) is 6.42 Å². The summed E-state index contributed by atoms with van der Waals surface area (Å²) in [7, 11) is 0. The van der Waals surface area contributed by atoms with Gasteiger partial charge in [0.2, 0.25) is 0 Å². The van der Waals surface area contributed by atoms with E-state index >= 15 is 0 Å². The summed E-state index contributed by atoms with van der Waals surface area (Å²) in [5.41, 5.74) is 7.23. The van der Waals surface area contributed by atoms with Gasteiger partial charge >= 0.3 is 0 Å². The third kappa shape index (κ3) is 2.43. The summed E-state index contributed by atoms with van der Waals surface area (Å²) in [6, 6.07) is 9.79. The molecule has 1 fully saturated rings. The van der Waals surface area contributed by atoms with Crippen LogP contribution in [0.4, 0.5) is 0 Å². The maximum absolute atomic E-state index is 9.77. The highest BCUT2D eigenvalue weighted by Crippen LogP contribution is 2.29. The minimum atomic E-state index is -0.450. The summed E-state index contributed by atoms with van der Waals surface area (Å²) in [6.45, 7) is 0. The van der Waals surface area contributed by atoms with Crippen LogP contribution >= 0.6 is 0 Å². The molecule has 1 aromatic rings. The molecular formula is C13H19NO2. The quantitative estimate of drug-likeness (QED) is 0.703. The normalized spacial score (nSPS) is 28.2. The van der Waals surface area contributed by atoms with Gasteiger partial charge in [-0.05, 0) is 24.8 Å². The van der Waals surface area contributed by atoms with E-state index in [1.807, 2.05) is 30.3 Å². The number of nitrogens with two attached hydrogens (primary N) is 1. The minimum absolute atomic E-state index is 0.171. The lowest BCUT2D eigenvalue weighted by molar-refractivity contribution is 0.0503. The van der Waals surface area contributed by atoms with Gasteiger partial charge in [0.15, 0.2) is 0 Å². The summed E-state index contributed by atoms with van der Waals surface area (Å²) in [6.07, 6.45) is 1.13.